The van der Waals surface area contributed by atoms with E-state index < -0.39 is 10.7 Å². The summed E-state index contributed by atoms with van der Waals surface area (Å²) in [6, 6.07) is 10.3. The van der Waals surface area contributed by atoms with Gasteiger partial charge in [0, 0.05) is 12.1 Å². The molecule has 1 aromatic carbocycles. The van der Waals surface area contributed by atoms with Crippen LogP contribution < -0.4 is 4.90 Å². The second-order valence-corrected chi connectivity index (χ2v) is 4.90. The summed E-state index contributed by atoms with van der Waals surface area (Å²) in [5.74, 6) is 0.666. The number of hydrogen-bond donors (Lipinski definition) is 0. The molecule has 118 valence electrons. The summed E-state index contributed by atoms with van der Waals surface area (Å²) < 4.78 is 24.2. The molecule has 0 saturated heterocycles. The van der Waals surface area contributed by atoms with Crippen LogP contribution in [0, 0.1) is 15.9 Å². The van der Waals surface area contributed by atoms with Gasteiger partial charge in [-0.2, -0.15) is 0 Å². The maximum absolute atomic E-state index is 13.6. The van der Waals surface area contributed by atoms with Crippen LogP contribution >= 0.6 is 0 Å². The zero-order chi connectivity index (χ0) is 16.2. The quantitative estimate of drug-likeness (QED) is 0.505. The Morgan fingerprint density at radius 2 is 1.65 bits per heavy atom. The van der Waals surface area contributed by atoms with Crippen molar-refractivity contribution in [3.8, 4) is 0 Å². The van der Waals surface area contributed by atoms with Gasteiger partial charge in [0.1, 0.15) is 23.0 Å². The van der Waals surface area contributed by atoms with Gasteiger partial charge in [-0.05, 0) is 30.3 Å². The molecule has 0 radical (unpaired) electrons. The summed E-state index contributed by atoms with van der Waals surface area (Å²) in [7, 11) is 0. The molecule has 7 heteroatoms. The molecule has 0 spiro atoms. The molecule has 0 aliphatic carbocycles. The topological polar surface area (TPSA) is 72.7 Å². The normalized spacial score (nSPS) is 10.7. The number of furan rings is 2. The molecule has 0 unspecified atom stereocenters. The van der Waals surface area contributed by atoms with Crippen molar-refractivity contribution in [3.63, 3.8) is 0 Å². The van der Waals surface area contributed by atoms with E-state index in [9.17, 15) is 14.5 Å². The first-order valence-corrected chi connectivity index (χ1v) is 6.87. The van der Waals surface area contributed by atoms with Crippen LogP contribution in [0.5, 0.6) is 0 Å². The van der Waals surface area contributed by atoms with Crippen LogP contribution in [0.3, 0.4) is 0 Å². The van der Waals surface area contributed by atoms with E-state index in [0.717, 1.165) is 18.2 Å². The van der Waals surface area contributed by atoms with Crippen molar-refractivity contribution in [2.24, 2.45) is 0 Å². The molecule has 3 rings (SSSR count). The standard InChI is InChI=1S/C16H13FN2O4/c17-12-5-6-15(19(20)21)16(9-12)18(10-13-3-1-7-22-13)11-14-4-2-8-23-14/h1-9H,10-11H2. The van der Waals surface area contributed by atoms with Crippen molar-refractivity contribution in [1.29, 1.82) is 0 Å². The lowest BCUT2D eigenvalue weighted by atomic mass is 10.2. The molecule has 6 nitrogen and oxygen atoms in total. The highest BCUT2D eigenvalue weighted by Crippen LogP contribution is 2.31. The van der Waals surface area contributed by atoms with E-state index >= 15 is 0 Å². The fourth-order valence-corrected chi connectivity index (χ4v) is 2.31. The van der Waals surface area contributed by atoms with Crippen LogP contribution in [0.4, 0.5) is 15.8 Å². The Morgan fingerprint density at radius 1 is 1.04 bits per heavy atom. The predicted octanol–water partition coefficient (Wildman–Crippen LogP) is 4.13. The van der Waals surface area contributed by atoms with E-state index in [-0.39, 0.29) is 24.5 Å². The molecule has 2 aromatic heterocycles. The molecule has 3 aromatic rings. The number of anilines is 1. The fourth-order valence-electron chi connectivity index (χ4n) is 2.31. The van der Waals surface area contributed by atoms with Gasteiger partial charge < -0.3 is 13.7 Å². The van der Waals surface area contributed by atoms with Gasteiger partial charge in [0.05, 0.1) is 30.5 Å². The highest BCUT2D eigenvalue weighted by molar-refractivity contribution is 5.63. The number of nitro groups is 1. The number of nitro benzene ring substituents is 1. The van der Waals surface area contributed by atoms with Crippen molar-refractivity contribution in [2.75, 3.05) is 4.90 Å². The van der Waals surface area contributed by atoms with Crippen molar-refractivity contribution in [2.45, 2.75) is 13.1 Å². The molecule has 0 amide bonds. The van der Waals surface area contributed by atoms with Gasteiger partial charge in [-0.3, -0.25) is 10.1 Å². The summed E-state index contributed by atoms with van der Waals surface area (Å²) in [4.78, 5) is 12.4. The molecular formula is C16H13FN2O4. The Hall–Kier alpha value is -3.09. The van der Waals surface area contributed by atoms with E-state index in [4.69, 9.17) is 8.83 Å². The van der Waals surface area contributed by atoms with Gasteiger partial charge in [0.2, 0.25) is 0 Å². The summed E-state index contributed by atoms with van der Waals surface area (Å²) in [6.45, 7) is 0.496. The highest BCUT2D eigenvalue weighted by atomic mass is 19.1. The number of nitrogens with zero attached hydrogens (tertiary/aromatic N) is 2. The van der Waals surface area contributed by atoms with Gasteiger partial charge in [-0.15, -0.1) is 0 Å². The van der Waals surface area contributed by atoms with Crippen molar-refractivity contribution >= 4 is 11.4 Å². The van der Waals surface area contributed by atoms with Gasteiger partial charge in [0.15, 0.2) is 0 Å². The SMILES string of the molecule is O=[N+]([O-])c1ccc(F)cc1N(Cc1ccco1)Cc1ccco1. The minimum Gasteiger partial charge on any atom is -0.467 e. The zero-order valence-electron chi connectivity index (χ0n) is 12.0. The third kappa shape index (κ3) is 3.39. The number of halogens is 1. The van der Waals surface area contributed by atoms with E-state index in [1.54, 1.807) is 29.2 Å². The second-order valence-electron chi connectivity index (χ2n) is 4.90. The van der Waals surface area contributed by atoms with Crippen molar-refractivity contribution < 1.29 is 18.1 Å². The Bertz CT molecular complexity index is 748. The molecule has 0 aliphatic heterocycles. The summed E-state index contributed by atoms with van der Waals surface area (Å²) in [5.41, 5.74) is -0.00712. The highest BCUT2D eigenvalue weighted by Gasteiger charge is 2.22. The molecular weight excluding hydrogens is 303 g/mol. The third-order valence-electron chi connectivity index (χ3n) is 3.33. The number of hydrogen-bond acceptors (Lipinski definition) is 5. The molecule has 23 heavy (non-hydrogen) atoms. The average Bonchev–Trinajstić information content (AvgIpc) is 3.19. The first kappa shape index (κ1) is 14.8. The molecule has 0 bridgehead atoms. The fraction of sp³-hybridized carbons (Fsp3) is 0.125. The minimum atomic E-state index is -0.547. The molecule has 0 aliphatic rings. The third-order valence-corrected chi connectivity index (χ3v) is 3.33. The van der Waals surface area contributed by atoms with Gasteiger partial charge >= 0.3 is 0 Å². The van der Waals surface area contributed by atoms with E-state index in [1.807, 2.05) is 0 Å². The predicted molar refractivity (Wildman–Crippen MR) is 80.4 cm³/mol. The lowest BCUT2D eigenvalue weighted by Crippen LogP contribution is -2.22. The first-order valence-electron chi connectivity index (χ1n) is 6.87. The van der Waals surface area contributed by atoms with Gasteiger partial charge in [0.25, 0.3) is 5.69 Å². The van der Waals surface area contributed by atoms with Gasteiger partial charge in [-0.1, -0.05) is 0 Å². The summed E-state index contributed by atoms with van der Waals surface area (Å²) in [5, 5.41) is 11.3. The van der Waals surface area contributed by atoms with E-state index in [2.05, 4.69) is 0 Å². The van der Waals surface area contributed by atoms with Crippen LogP contribution in [0.25, 0.3) is 0 Å². The smallest absolute Gasteiger partial charge is 0.292 e. The maximum Gasteiger partial charge on any atom is 0.292 e. The van der Waals surface area contributed by atoms with Crippen LogP contribution in [-0.2, 0) is 13.1 Å². The monoisotopic (exact) mass is 316 g/mol. The Morgan fingerprint density at radius 3 is 2.13 bits per heavy atom. The maximum atomic E-state index is 13.6. The summed E-state index contributed by atoms with van der Waals surface area (Å²) >= 11 is 0. The molecule has 0 N–H and O–H groups in total. The van der Waals surface area contributed by atoms with Crippen LogP contribution in [0.1, 0.15) is 11.5 Å². The first-order chi connectivity index (χ1) is 11.1. The largest absolute Gasteiger partial charge is 0.467 e. The molecule has 0 atom stereocenters. The van der Waals surface area contributed by atoms with E-state index in [1.165, 1.54) is 12.5 Å². The van der Waals surface area contributed by atoms with Gasteiger partial charge in [-0.25, -0.2) is 4.39 Å². The molecule has 0 fully saturated rings. The Labute approximate surface area is 130 Å². The minimum absolute atomic E-state index is 0.169. The van der Waals surface area contributed by atoms with Crippen LogP contribution in [0.2, 0.25) is 0 Å². The zero-order valence-corrected chi connectivity index (χ0v) is 12.0. The number of benzene rings is 1. The molecule has 2 heterocycles. The summed E-state index contributed by atoms with van der Waals surface area (Å²) in [6.07, 6.45) is 3.03. The van der Waals surface area contributed by atoms with E-state index in [0.29, 0.717) is 11.5 Å². The average molecular weight is 316 g/mol. The Kier molecular flexibility index (Phi) is 4.09. The number of rotatable bonds is 6. The van der Waals surface area contributed by atoms with Crippen LogP contribution in [-0.4, -0.2) is 4.92 Å². The lowest BCUT2D eigenvalue weighted by Gasteiger charge is -2.22. The lowest BCUT2D eigenvalue weighted by molar-refractivity contribution is -0.384. The second kappa shape index (κ2) is 6.35. The van der Waals surface area contributed by atoms with Crippen molar-refractivity contribution in [1.82, 2.24) is 0 Å². The molecule has 0 saturated carbocycles. The Balaban J connectivity index is 2.00. The van der Waals surface area contributed by atoms with Crippen LogP contribution in [0.15, 0.2) is 63.8 Å². The van der Waals surface area contributed by atoms with Crippen molar-refractivity contribution in [3.05, 3.63) is 82.4 Å².